The average molecular weight is 418 g/mol. The lowest BCUT2D eigenvalue weighted by atomic mass is 9.86. The van der Waals surface area contributed by atoms with Gasteiger partial charge in [0.15, 0.2) is 11.5 Å². The van der Waals surface area contributed by atoms with Gasteiger partial charge in [0.2, 0.25) is 0 Å². The van der Waals surface area contributed by atoms with E-state index in [1.165, 1.54) is 32.1 Å². The molecule has 1 aromatic carbocycles. The summed E-state index contributed by atoms with van der Waals surface area (Å²) in [5, 5.41) is 1.84. The molecule has 156 valence electrons. The molecule has 2 aliphatic rings. The molecule has 0 spiro atoms. The molecule has 0 atom stereocenters. The molecule has 3 rings (SSSR count). The van der Waals surface area contributed by atoms with Gasteiger partial charge in [-0.3, -0.25) is 19.7 Å². The van der Waals surface area contributed by atoms with Crippen molar-refractivity contribution < 1.29 is 23.9 Å². The summed E-state index contributed by atoms with van der Waals surface area (Å²) in [6.07, 6.45) is 10.5. The van der Waals surface area contributed by atoms with Gasteiger partial charge in [-0.05, 0) is 61.2 Å². The summed E-state index contributed by atoms with van der Waals surface area (Å²) in [5.74, 6) is 0.893. The summed E-state index contributed by atoms with van der Waals surface area (Å²) in [5.41, 5.74) is 0.692. The van der Waals surface area contributed by atoms with Crippen LogP contribution in [0.2, 0.25) is 0 Å². The molecule has 0 bridgehead atoms. The summed E-state index contributed by atoms with van der Waals surface area (Å²) in [4.78, 5) is 35.6. The molecule has 2 fully saturated rings. The molecule has 0 radical (unpaired) electrons. The molecule has 1 saturated carbocycles. The van der Waals surface area contributed by atoms with Crippen molar-refractivity contribution >= 4 is 35.0 Å². The Morgan fingerprint density at radius 3 is 2.69 bits per heavy atom. The van der Waals surface area contributed by atoms with Gasteiger partial charge in [0, 0.05) is 6.42 Å². The van der Waals surface area contributed by atoms with Crippen molar-refractivity contribution in [2.45, 2.75) is 58.3 Å². The minimum absolute atomic E-state index is 0.260. The molecule has 1 heterocycles. The number of benzene rings is 1. The highest BCUT2D eigenvalue weighted by Crippen LogP contribution is 2.32. The minimum atomic E-state index is -0.411. The standard InChI is InChI=1S/C22H27NO5S/c1-2-27-18-13-16(14-19-21(25)23-22(26)29-19)11-12-17(18)28-20(24)10-6-9-15-7-4-3-5-8-15/h11-15H,2-10H2,1H3,(H,23,25,26)/b19-14-. The first kappa shape index (κ1) is 21.4. The molecule has 29 heavy (non-hydrogen) atoms. The quantitative estimate of drug-likeness (QED) is 0.361. The third-order valence-electron chi connectivity index (χ3n) is 5.15. The Bertz CT molecular complexity index is 798. The van der Waals surface area contributed by atoms with E-state index in [0.717, 1.165) is 30.5 Å². The first-order valence-corrected chi connectivity index (χ1v) is 11.1. The normalized spacial score (nSPS) is 18.7. The van der Waals surface area contributed by atoms with Crippen LogP contribution in [0, 0.1) is 5.92 Å². The van der Waals surface area contributed by atoms with Crippen LogP contribution in [0.5, 0.6) is 11.5 Å². The van der Waals surface area contributed by atoms with E-state index in [9.17, 15) is 14.4 Å². The molecule has 1 N–H and O–H groups in total. The Morgan fingerprint density at radius 2 is 2.00 bits per heavy atom. The van der Waals surface area contributed by atoms with Crippen molar-refractivity contribution in [3.63, 3.8) is 0 Å². The second kappa shape index (κ2) is 10.5. The van der Waals surface area contributed by atoms with Crippen LogP contribution in [0.25, 0.3) is 6.08 Å². The minimum Gasteiger partial charge on any atom is -0.490 e. The van der Waals surface area contributed by atoms with Crippen LogP contribution in [-0.4, -0.2) is 23.7 Å². The van der Waals surface area contributed by atoms with Gasteiger partial charge in [-0.15, -0.1) is 0 Å². The zero-order valence-corrected chi connectivity index (χ0v) is 17.5. The smallest absolute Gasteiger partial charge is 0.311 e. The molecule has 1 aliphatic heterocycles. The fourth-order valence-electron chi connectivity index (χ4n) is 3.72. The highest BCUT2D eigenvalue weighted by molar-refractivity contribution is 8.18. The van der Waals surface area contributed by atoms with E-state index in [-0.39, 0.29) is 11.2 Å². The zero-order valence-electron chi connectivity index (χ0n) is 16.7. The van der Waals surface area contributed by atoms with E-state index in [4.69, 9.17) is 9.47 Å². The van der Waals surface area contributed by atoms with Gasteiger partial charge in [-0.25, -0.2) is 0 Å². The highest BCUT2D eigenvalue weighted by Gasteiger charge is 2.25. The van der Waals surface area contributed by atoms with Gasteiger partial charge >= 0.3 is 5.97 Å². The van der Waals surface area contributed by atoms with Crippen molar-refractivity contribution in [2.24, 2.45) is 5.92 Å². The summed E-state index contributed by atoms with van der Waals surface area (Å²) in [7, 11) is 0. The number of carbonyl (C=O) groups excluding carboxylic acids is 3. The van der Waals surface area contributed by atoms with Crippen LogP contribution in [0.15, 0.2) is 23.1 Å². The number of rotatable bonds is 8. The van der Waals surface area contributed by atoms with Gasteiger partial charge in [0.25, 0.3) is 11.1 Å². The number of ether oxygens (including phenoxy) is 2. The first-order valence-electron chi connectivity index (χ1n) is 10.3. The second-order valence-electron chi connectivity index (χ2n) is 7.36. The van der Waals surface area contributed by atoms with Crippen molar-refractivity contribution in [1.29, 1.82) is 0 Å². The Hall–Kier alpha value is -2.28. The van der Waals surface area contributed by atoms with E-state index in [1.807, 2.05) is 6.92 Å². The van der Waals surface area contributed by atoms with E-state index in [1.54, 1.807) is 24.3 Å². The van der Waals surface area contributed by atoms with Crippen molar-refractivity contribution in [1.82, 2.24) is 5.32 Å². The summed E-state index contributed by atoms with van der Waals surface area (Å²) in [6.45, 7) is 2.26. The van der Waals surface area contributed by atoms with E-state index in [0.29, 0.717) is 35.0 Å². The predicted octanol–water partition coefficient (Wildman–Crippen LogP) is 5.07. The highest BCUT2D eigenvalue weighted by atomic mass is 32.2. The molecule has 0 aromatic heterocycles. The Kier molecular flexibility index (Phi) is 7.75. The fourth-order valence-corrected chi connectivity index (χ4v) is 4.41. The predicted molar refractivity (Wildman–Crippen MR) is 113 cm³/mol. The van der Waals surface area contributed by atoms with Crippen molar-refractivity contribution in [3.05, 3.63) is 28.7 Å². The van der Waals surface area contributed by atoms with E-state index >= 15 is 0 Å². The summed E-state index contributed by atoms with van der Waals surface area (Å²) < 4.78 is 11.1. The molecule has 0 unspecified atom stereocenters. The number of hydrogen-bond donors (Lipinski definition) is 1. The SMILES string of the molecule is CCOc1cc(/C=C2\SC(=O)NC2=O)ccc1OC(=O)CCCC1CCCCC1. The van der Waals surface area contributed by atoms with Gasteiger partial charge in [0.05, 0.1) is 11.5 Å². The average Bonchev–Trinajstić information content (AvgIpc) is 3.01. The maximum Gasteiger partial charge on any atom is 0.311 e. The van der Waals surface area contributed by atoms with Crippen LogP contribution in [0.1, 0.15) is 63.9 Å². The topological polar surface area (TPSA) is 81.7 Å². The fraction of sp³-hybridized carbons (Fsp3) is 0.500. The number of amides is 2. The molecule has 6 nitrogen and oxygen atoms in total. The number of nitrogens with one attached hydrogen (secondary N) is 1. The van der Waals surface area contributed by atoms with Gasteiger partial charge in [-0.1, -0.05) is 38.2 Å². The van der Waals surface area contributed by atoms with Gasteiger partial charge in [-0.2, -0.15) is 0 Å². The summed E-state index contributed by atoms with van der Waals surface area (Å²) >= 11 is 0.859. The van der Waals surface area contributed by atoms with Gasteiger partial charge in [0.1, 0.15) is 0 Å². The third kappa shape index (κ3) is 6.35. The Labute approximate surface area is 175 Å². The molecular weight excluding hydrogens is 390 g/mol. The third-order valence-corrected chi connectivity index (χ3v) is 5.96. The molecule has 1 aliphatic carbocycles. The molecule has 1 saturated heterocycles. The monoisotopic (exact) mass is 417 g/mol. The zero-order chi connectivity index (χ0) is 20.6. The van der Waals surface area contributed by atoms with Gasteiger partial charge < -0.3 is 9.47 Å². The molecule has 2 amide bonds. The maximum atomic E-state index is 12.3. The van der Waals surface area contributed by atoms with Crippen LogP contribution < -0.4 is 14.8 Å². The van der Waals surface area contributed by atoms with E-state index in [2.05, 4.69) is 5.32 Å². The van der Waals surface area contributed by atoms with Crippen LogP contribution in [0.3, 0.4) is 0 Å². The maximum absolute atomic E-state index is 12.3. The summed E-state index contributed by atoms with van der Waals surface area (Å²) in [6, 6.07) is 5.10. The van der Waals surface area contributed by atoms with Crippen LogP contribution in [-0.2, 0) is 9.59 Å². The number of esters is 1. The number of carbonyl (C=O) groups is 3. The molecule has 1 aromatic rings. The number of imide groups is 1. The van der Waals surface area contributed by atoms with Crippen molar-refractivity contribution in [2.75, 3.05) is 6.61 Å². The van der Waals surface area contributed by atoms with Crippen LogP contribution >= 0.6 is 11.8 Å². The lowest BCUT2D eigenvalue weighted by molar-refractivity contribution is -0.134. The largest absolute Gasteiger partial charge is 0.490 e. The number of hydrogen-bond acceptors (Lipinski definition) is 6. The lowest BCUT2D eigenvalue weighted by Crippen LogP contribution is -2.17. The van der Waals surface area contributed by atoms with Crippen molar-refractivity contribution in [3.8, 4) is 11.5 Å². The molecule has 7 heteroatoms. The van der Waals surface area contributed by atoms with E-state index < -0.39 is 5.91 Å². The Morgan fingerprint density at radius 1 is 1.21 bits per heavy atom. The van der Waals surface area contributed by atoms with Crippen LogP contribution in [0.4, 0.5) is 4.79 Å². The first-order chi connectivity index (χ1) is 14.0. The number of thioether (sulfide) groups is 1. The molecular formula is C22H27NO5S. The second-order valence-corrected chi connectivity index (χ2v) is 8.38. The lowest BCUT2D eigenvalue weighted by Gasteiger charge is -2.21. The Balaban J connectivity index is 1.59.